The summed E-state index contributed by atoms with van der Waals surface area (Å²) < 4.78 is 50.4. The Balaban J connectivity index is 1.75. The molecule has 0 N–H and O–H groups in total. The summed E-state index contributed by atoms with van der Waals surface area (Å²) in [5, 5.41) is 0. The van der Waals surface area contributed by atoms with Crippen molar-refractivity contribution in [1.82, 2.24) is 0 Å². The van der Waals surface area contributed by atoms with Crippen molar-refractivity contribution in [3.63, 3.8) is 0 Å². The molecule has 9 heteroatoms. The van der Waals surface area contributed by atoms with Gasteiger partial charge in [-0.25, -0.2) is 0 Å². The molecular weight excluding hydrogens is 727 g/mol. The van der Waals surface area contributed by atoms with E-state index in [0.29, 0.717) is 57.5 Å². The zero-order chi connectivity index (χ0) is 21.4. The topological polar surface area (TPSA) is 29.4 Å². The average Bonchev–Trinajstić information content (AvgIpc) is 2.62. The van der Waals surface area contributed by atoms with Crippen molar-refractivity contribution in [3.05, 3.63) is 46.5 Å². The van der Waals surface area contributed by atoms with Gasteiger partial charge in [-0.2, -0.15) is 0 Å². The maximum atomic E-state index is 13.8. The molecule has 0 unspecified atom stereocenters. The van der Waals surface area contributed by atoms with E-state index in [4.69, 9.17) is 0 Å². The number of nitrogens with zero attached hydrogens (tertiary/aromatic N) is 1. The molecule has 0 atom stereocenters. The van der Waals surface area contributed by atoms with Crippen LogP contribution >= 0.6 is 65.0 Å². The SMILES string of the molecule is Cc1ccccc1C1CCI(C2=NC(=O)C(=C(C(F)(F)I)C(F)(F)I)CC2)CC1. The van der Waals surface area contributed by atoms with Gasteiger partial charge in [0.05, 0.1) is 0 Å². The molecule has 29 heavy (non-hydrogen) atoms. The van der Waals surface area contributed by atoms with Crippen molar-refractivity contribution in [2.45, 2.75) is 46.4 Å². The van der Waals surface area contributed by atoms with Crippen molar-refractivity contribution < 1.29 is 22.4 Å². The molecule has 1 fully saturated rings. The number of carbonyl (C=O) groups is 1. The maximum absolute atomic E-state index is 13.8. The first kappa shape index (κ1) is 23.9. The van der Waals surface area contributed by atoms with Gasteiger partial charge in [0.25, 0.3) is 0 Å². The number of carbonyl (C=O) groups excluding carboxylic acids is 1. The van der Waals surface area contributed by atoms with E-state index >= 15 is 0 Å². The number of hydrogen-bond donors (Lipinski definition) is 0. The molecular formula is C20H20F4I3NO. The van der Waals surface area contributed by atoms with Crippen LogP contribution in [0.1, 0.15) is 42.7 Å². The van der Waals surface area contributed by atoms with Gasteiger partial charge in [-0.05, 0) is 0 Å². The molecule has 2 aliphatic rings. The van der Waals surface area contributed by atoms with Crippen molar-refractivity contribution in [1.29, 1.82) is 0 Å². The number of hydrogen-bond acceptors (Lipinski definition) is 1. The number of amides is 1. The Morgan fingerprint density at radius 2 is 1.66 bits per heavy atom. The van der Waals surface area contributed by atoms with E-state index in [9.17, 15) is 22.4 Å². The molecule has 2 heterocycles. The van der Waals surface area contributed by atoms with E-state index in [1.54, 1.807) is 0 Å². The second-order valence-electron chi connectivity index (χ2n) is 7.11. The zero-order valence-electron chi connectivity index (χ0n) is 15.6. The van der Waals surface area contributed by atoms with Crippen LogP contribution in [0.5, 0.6) is 0 Å². The summed E-state index contributed by atoms with van der Waals surface area (Å²) in [6, 6.07) is 8.36. The van der Waals surface area contributed by atoms with Crippen molar-refractivity contribution in [3.8, 4) is 0 Å². The van der Waals surface area contributed by atoms with Crippen LogP contribution in [-0.4, -0.2) is 26.3 Å². The van der Waals surface area contributed by atoms with Crippen LogP contribution in [-0.2, 0) is 4.79 Å². The molecule has 1 amide bonds. The summed E-state index contributed by atoms with van der Waals surface area (Å²) in [4.78, 5) is 16.5. The second kappa shape index (κ2) is 9.37. The number of halogens is 7. The molecule has 0 spiro atoms. The number of allylic oxidation sites excluding steroid dienone is 1. The third kappa shape index (κ3) is 5.72. The first-order valence-corrected chi connectivity index (χ1v) is 15.4. The van der Waals surface area contributed by atoms with Gasteiger partial charge in [0.1, 0.15) is 0 Å². The van der Waals surface area contributed by atoms with E-state index in [1.165, 1.54) is 11.1 Å². The number of rotatable bonds is 4. The van der Waals surface area contributed by atoms with E-state index in [2.05, 4.69) is 30.1 Å². The van der Waals surface area contributed by atoms with Crippen LogP contribution in [0.4, 0.5) is 17.6 Å². The second-order valence-corrected chi connectivity index (χ2v) is 15.8. The number of benzene rings is 1. The van der Waals surface area contributed by atoms with Crippen LogP contribution < -0.4 is 0 Å². The standard InChI is InChI=1S/C20H20F4I3NO/c1-12-4-2-3-5-14(12)13-8-10-27(11-9-13)16-7-6-15(18(29)28-16)17(19(21,22)25)20(23,24)26/h2-5,13H,6-11H2,1H3. The third-order valence-electron chi connectivity index (χ3n) is 5.24. The minimum absolute atomic E-state index is 0.0701. The quantitative estimate of drug-likeness (QED) is 0.136. The Morgan fingerprint density at radius 1 is 1.07 bits per heavy atom. The van der Waals surface area contributed by atoms with Gasteiger partial charge in [-0.1, -0.05) is 0 Å². The molecule has 1 aromatic rings. The van der Waals surface area contributed by atoms with Gasteiger partial charge < -0.3 is 0 Å². The van der Waals surface area contributed by atoms with Crippen LogP contribution in [0.2, 0.25) is 0 Å². The van der Waals surface area contributed by atoms with Crippen molar-refractivity contribution >= 4 is 74.6 Å². The van der Waals surface area contributed by atoms with E-state index in [-0.39, 0.29) is 6.42 Å². The van der Waals surface area contributed by atoms with Crippen molar-refractivity contribution in [2.75, 3.05) is 8.86 Å². The normalized spacial score (nSPS) is 20.7. The Labute approximate surface area is 202 Å². The number of alkyl halides is 8. The van der Waals surface area contributed by atoms with Gasteiger partial charge in [0, 0.05) is 0 Å². The molecule has 0 aromatic heterocycles. The number of aryl methyl sites for hydroxylation is 1. The molecule has 0 radical (unpaired) electrons. The fourth-order valence-corrected chi connectivity index (χ4v) is 12.1. The van der Waals surface area contributed by atoms with Gasteiger partial charge in [-0.15, -0.1) is 0 Å². The van der Waals surface area contributed by atoms with Crippen LogP contribution in [0.15, 0.2) is 40.4 Å². The Bertz CT molecular complexity index is 834. The molecule has 0 bridgehead atoms. The van der Waals surface area contributed by atoms with Gasteiger partial charge in [-0.3, -0.25) is 0 Å². The molecule has 1 saturated heterocycles. The molecule has 160 valence electrons. The van der Waals surface area contributed by atoms with E-state index in [0.717, 1.165) is 25.4 Å². The van der Waals surface area contributed by atoms with Crippen LogP contribution in [0, 0.1) is 6.92 Å². The van der Waals surface area contributed by atoms with Crippen LogP contribution in [0.25, 0.3) is 0 Å². The van der Waals surface area contributed by atoms with Crippen molar-refractivity contribution in [2.24, 2.45) is 4.99 Å². The monoisotopic (exact) mass is 747 g/mol. The summed E-state index contributed by atoms with van der Waals surface area (Å²) >= 11 is -0.301. The molecule has 3 rings (SSSR count). The first-order valence-electron chi connectivity index (χ1n) is 9.15. The molecule has 2 aliphatic heterocycles. The Kier molecular flexibility index (Phi) is 7.71. The predicted octanol–water partition coefficient (Wildman–Crippen LogP) is 7.45. The number of aliphatic imine (C=N–C) groups is 1. The first-order chi connectivity index (χ1) is 13.5. The molecule has 1 aromatic carbocycles. The fraction of sp³-hybridized carbons (Fsp3) is 0.500. The minimum atomic E-state index is -3.79. The average molecular weight is 747 g/mol. The summed E-state index contributed by atoms with van der Waals surface area (Å²) in [5.74, 6) is -0.394. The van der Waals surface area contributed by atoms with E-state index < -0.39 is 44.7 Å². The molecule has 0 saturated carbocycles. The zero-order valence-corrected chi connectivity index (χ0v) is 22.1. The van der Waals surface area contributed by atoms with E-state index in [1.807, 2.05) is 6.07 Å². The Morgan fingerprint density at radius 3 is 2.17 bits per heavy atom. The predicted molar refractivity (Wildman–Crippen MR) is 134 cm³/mol. The summed E-state index contributed by atoms with van der Waals surface area (Å²) in [6.45, 7) is 2.11. The summed E-state index contributed by atoms with van der Waals surface area (Å²) in [6.07, 6.45) is 2.35. The van der Waals surface area contributed by atoms with Gasteiger partial charge >= 0.3 is 204 Å². The summed E-state index contributed by atoms with van der Waals surface area (Å²) in [7, 11) is 0. The third-order valence-corrected chi connectivity index (χ3v) is 12.7. The molecule has 0 aliphatic carbocycles. The summed E-state index contributed by atoms with van der Waals surface area (Å²) in [5.41, 5.74) is 0.740. The van der Waals surface area contributed by atoms with Crippen LogP contribution in [0.3, 0.4) is 0 Å². The molecule has 2 nitrogen and oxygen atoms in total. The Hall–Kier alpha value is 0.210. The fourth-order valence-electron chi connectivity index (χ4n) is 3.84. The van der Waals surface area contributed by atoms with Gasteiger partial charge in [0.2, 0.25) is 0 Å². The van der Waals surface area contributed by atoms with Gasteiger partial charge in [0.15, 0.2) is 0 Å².